The first-order valence-corrected chi connectivity index (χ1v) is 7.49. The Hall–Kier alpha value is -2.60. The normalized spacial score (nSPS) is 10.8. The summed E-state index contributed by atoms with van der Waals surface area (Å²) in [6.45, 7) is 5.42. The number of nitrogens with one attached hydrogen (secondary N) is 2. The first-order valence-electron chi connectivity index (χ1n) is 7.11. The highest BCUT2D eigenvalue weighted by atomic mass is 35.5. The number of aromatic nitrogens is 4. The van der Waals surface area contributed by atoms with Gasteiger partial charge in [0, 0.05) is 28.0 Å². The van der Waals surface area contributed by atoms with Crippen LogP contribution >= 0.6 is 11.6 Å². The number of aromatic amines is 1. The van der Waals surface area contributed by atoms with Gasteiger partial charge in [-0.25, -0.2) is 4.98 Å². The lowest BCUT2D eigenvalue weighted by molar-refractivity contribution is 0.786. The molecule has 23 heavy (non-hydrogen) atoms. The first-order chi connectivity index (χ1) is 10.9. The Labute approximate surface area is 138 Å². The fourth-order valence-corrected chi connectivity index (χ4v) is 2.29. The molecule has 118 valence electrons. The Morgan fingerprint density at radius 3 is 2.52 bits per heavy atom. The minimum absolute atomic E-state index is 0.168. The van der Waals surface area contributed by atoms with Gasteiger partial charge in [-0.05, 0) is 45.0 Å². The number of anilines is 2. The molecule has 0 fully saturated rings. The third-order valence-electron chi connectivity index (χ3n) is 3.53. The van der Waals surface area contributed by atoms with Crippen LogP contribution in [0.15, 0.2) is 35.1 Å². The second-order valence-corrected chi connectivity index (χ2v) is 5.75. The minimum atomic E-state index is -0.168. The largest absolute Gasteiger partial charge is 0.340 e. The van der Waals surface area contributed by atoms with E-state index in [-0.39, 0.29) is 5.56 Å². The molecule has 7 heteroatoms. The van der Waals surface area contributed by atoms with Crippen LogP contribution in [-0.2, 0) is 0 Å². The number of hydrogen-bond acceptors (Lipinski definition) is 4. The maximum Gasteiger partial charge on any atom is 0.255 e. The Kier molecular flexibility index (Phi) is 3.92. The molecule has 1 aromatic carbocycles. The molecule has 0 bridgehead atoms. The molecule has 0 aliphatic rings. The molecule has 0 unspecified atom stereocenters. The molecular weight excluding hydrogens is 314 g/mol. The van der Waals surface area contributed by atoms with Crippen molar-refractivity contribution in [3.8, 4) is 5.95 Å². The van der Waals surface area contributed by atoms with Crippen LogP contribution < -0.4 is 10.9 Å². The zero-order valence-corrected chi connectivity index (χ0v) is 13.8. The number of aryl methyl sites for hydroxylation is 2. The SMILES string of the molecule is Cc1cc(Nc2ccc(Cl)cc2)n(-c2nc(C)c(C)c(=O)[nH]2)n1. The summed E-state index contributed by atoms with van der Waals surface area (Å²) < 4.78 is 1.58. The third-order valence-corrected chi connectivity index (χ3v) is 3.78. The molecule has 0 saturated carbocycles. The van der Waals surface area contributed by atoms with Crippen LogP contribution in [0, 0.1) is 20.8 Å². The molecule has 6 nitrogen and oxygen atoms in total. The summed E-state index contributed by atoms with van der Waals surface area (Å²) in [6, 6.07) is 9.21. The Balaban J connectivity index is 2.04. The van der Waals surface area contributed by atoms with E-state index in [1.165, 1.54) is 0 Å². The molecule has 0 aliphatic carbocycles. The monoisotopic (exact) mass is 329 g/mol. The molecule has 0 spiro atoms. The van der Waals surface area contributed by atoms with Gasteiger partial charge in [-0.1, -0.05) is 11.6 Å². The maximum absolute atomic E-state index is 12.0. The third kappa shape index (κ3) is 3.12. The van der Waals surface area contributed by atoms with Gasteiger partial charge in [0.2, 0.25) is 5.95 Å². The minimum Gasteiger partial charge on any atom is -0.340 e. The fraction of sp³-hybridized carbons (Fsp3) is 0.188. The van der Waals surface area contributed by atoms with Gasteiger partial charge in [-0.15, -0.1) is 0 Å². The van der Waals surface area contributed by atoms with E-state index in [0.29, 0.717) is 28.0 Å². The van der Waals surface area contributed by atoms with E-state index >= 15 is 0 Å². The lowest BCUT2D eigenvalue weighted by atomic mass is 10.3. The van der Waals surface area contributed by atoms with Gasteiger partial charge in [-0.3, -0.25) is 9.78 Å². The van der Waals surface area contributed by atoms with Crippen molar-refractivity contribution in [2.75, 3.05) is 5.32 Å². The Bertz CT molecular complexity index is 911. The van der Waals surface area contributed by atoms with Crippen molar-refractivity contribution >= 4 is 23.1 Å². The smallest absolute Gasteiger partial charge is 0.255 e. The molecule has 0 aliphatic heterocycles. The van der Waals surface area contributed by atoms with Gasteiger partial charge < -0.3 is 5.32 Å². The molecule has 0 radical (unpaired) electrons. The van der Waals surface area contributed by atoms with Crippen molar-refractivity contribution in [3.05, 3.63) is 62.7 Å². The molecule has 2 N–H and O–H groups in total. The van der Waals surface area contributed by atoms with Crippen LogP contribution in [0.25, 0.3) is 5.95 Å². The van der Waals surface area contributed by atoms with E-state index in [4.69, 9.17) is 11.6 Å². The number of benzene rings is 1. The summed E-state index contributed by atoms with van der Waals surface area (Å²) in [5.74, 6) is 1.08. The first kappa shape index (κ1) is 15.3. The van der Waals surface area contributed by atoms with Crippen molar-refractivity contribution in [1.29, 1.82) is 0 Å². The number of rotatable bonds is 3. The predicted octanol–water partition coefficient (Wildman–Crippen LogP) is 3.28. The Morgan fingerprint density at radius 2 is 1.87 bits per heavy atom. The van der Waals surface area contributed by atoms with E-state index in [2.05, 4.69) is 20.4 Å². The highest BCUT2D eigenvalue weighted by molar-refractivity contribution is 6.30. The lowest BCUT2D eigenvalue weighted by Crippen LogP contribution is -2.18. The molecular formula is C16H16ClN5O. The highest BCUT2D eigenvalue weighted by Crippen LogP contribution is 2.21. The predicted molar refractivity (Wildman–Crippen MR) is 90.9 cm³/mol. The average molecular weight is 330 g/mol. The molecule has 0 amide bonds. The van der Waals surface area contributed by atoms with Crippen molar-refractivity contribution in [2.24, 2.45) is 0 Å². The van der Waals surface area contributed by atoms with Crippen LogP contribution in [0.1, 0.15) is 17.0 Å². The van der Waals surface area contributed by atoms with E-state index < -0.39 is 0 Å². The summed E-state index contributed by atoms with van der Waals surface area (Å²) in [5.41, 5.74) is 2.78. The number of halogens is 1. The van der Waals surface area contributed by atoms with Crippen LogP contribution in [0.2, 0.25) is 5.02 Å². The second-order valence-electron chi connectivity index (χ2n) is 5.31. The number of hydrogen-bond donors (Lipinski definition) is 2. The van der Waals surface area contributed by atoms with Crippen molar-refractivity contribution in [2.45, 2.75) is 20.8 Å². The van der Waals surface area contributed by atoms with Gasteiger partial charge in [0.15, 0.2) is 0 Å². The van der Waals surface area contributed by atoms with Gasteiger partial charge >= 0.3 is 0 Å². The second kappa shape index (κ2) is 5.89. The molecule has 2 aromatic heterocycles. The zero-order chi connectivity index (χ0) is 16.6. The highest BCUT2D eigenvalue weighted by Gasteiger charge is 2.12. The van der Waals surface area contributed by atoms with Crippen LogP contribution in [0.5, 0.6) is 0 Å². The fourth-order valence-electron chi connectivity index (χ4n) is 2.16. The van der Waals surface area contributed by atoms with E-state index in [0.717, 1.165) is 11.4 Å². The zero-order valence-electron chi connectivity index (χ0n) is 13.0. The summed E-state index contributed by atoms with van der Waals surface area (Å²) in [7, 11) is 0. The van der Waals surface area contributed by atoms with Gasteiger partial charge in [0.1, 0.15) is 5.82 Å². The number of nitrogens with zero attached hydrogens (tertiary/aromatic N) is 3. The van der Waals surface area contributed by atoms with E-state index in [1.807, 2.05) is 25.1 Å². The van der Waals surface area contributed by atoms with Gasteiger partial charge in [-0.2, -0.15) is 9.78 Å². The average Bonchev–Trinajstić information content (AvgIpc) is 2.87. The lowest BCUT2D eigenvalue weighted by Gasteiger charge is -2.10. The summed E-state index contributed by atoms with van der Waals surface area (Å²) in [5, 5.41) is 8.32. The molecule has 0 saturated heterocycles. The van der Waals surface area contributed by atoms with Crippen molar-refractivity contribution < 1.29 is 0 Å². The van der Waals surface area contributed by atoms with E-state index in [9.17, 15) is 4.79 Å². The molecule has 3 rings (SSSR count). The van der Waals surface area contributed by atoms with Gasteiger partial charge in [0.25, 0.3) is 5.56 Å². The summed E-state index contributed by atoms with van der Waals surface area (Å²) in [6.07, 6.45) is 0. The van der Waals surface area contributed by atoms with Gasteiger partial charge in [0.05, 0.1) is 5.69 Å². The summed E-state index contributed by atoms with van der Waals surface area (Å²) >= 11 is 5.90. The van der Waals surface area contributed by atoms with Crippen LogP contribution in [0.4, 0.5) is 11.5 Å². The van der Waals surface area contributed by atoms with Crippen molar-refractivity contribution in [3.63, 3.8) is 0 Å². The molecule has 0 atom stereocenters. The molecule has 3 aromatic rings. The summed E-state index contributed by atoms with van der Waals surface area (Å²) in [4.78, 5) is 19.1. The van der Waals surface area contributed by atoms with Crippen molar-refractivity contribution in [1.82, 2.24) is 19.7 Å². The van der Waals surface area contributed by atoms with Crippen LogP contribution in [0.3, 0.4) is 0 Å². The number of H-pyrrole nitrogens is 1. The quantitative estimate of drug-likeness (QED) is 0.773. The van der Waals surface area contributed by atoms with Crippen LogP contribution in [-0.4, -0.2) is 19.7 Å². The Morgan fingerprint density at radius 1 is 1.17 bits per heavy atom. The van der Waals surface area contributed by atoms with E-state index in [1.54, 1.807) is 30.7 Å². The topological polar surface area (TPSA) is 75.6 Å². The molecule has 2 heterocycles. The maximum atomic E-state index is 12.0. The standard InChI is InChI=1S/C16H16ClN5O/c1-9-8-14(19-13-6-4-12(17)5-7-13)22(21-9)16-18-11(3)10(2)15(23)20-16/h4-8,19H,1-3H3,(H,18,20,23).